The molecule has 2 fully saturated rings. The summed E-state index contributed by atoms with van der Waals surface area (Å²) in [5.74, 6) is -2.53. The maximum Gasteiger partial charge on any atom is 0.307 e. The molecule has 1 aromatic carbocycles. The quantitative estimate of drug-likeness (QED) is 0.741. The molecule has 0 aromatic heterocycles. The third kappa shape index (κ3) is 3.27. The second kappa shape index (κ2) is 5.92. The summed E-state index contributed by atoms with van der Waals surface area (Å²) in [6.07, 6.45) is 2.25. The third-order valence-electron chi connectivity index (χ3n) is 4.94. The van der Waals surface area contributed by atoms with Crippen LogP contribution in [0, 0.1) is 17.3 Å². The molecule has 0 heterocycles. The minimum atomic E-state index is -0.947. The van der Waals surface area contributed by atoms with E-state index in [4.69, 9.17) is 0 Å². The molecule has 128 valence electrons. The number of hydrogen-bond donors (Lipinski definition) is 3. The van der Waals surface area contributed by atoms with Gasteiger partial charge in [0.1, 0.15) is 0 Å². The van der Waals surface area contributed by atoms with Crippen LogP contribution in [0.25, 0.3) is 0 Å². The van der Waals surface area contributed by atoms with Gasteiger partial charge in [-0.05, 0) is 29.9 Å². The van der Waals surface area contributed by atoms with Crippen LogP contribution in [0.5, 0.6) is 0 Å². The molecule has 2 atom stereocenters. The van der Waals surface area contributed by atoms with Crippen molar-refractivity contribution >= 4 is 23.5 Å². The number of rotatable bonds is 6. The first-order chi connectivity index (χ1) is 11.3. The van der Waals surface area contributed by atoms with Crippen LogP contribution in [0.1, 0.15) is 32.3 Å². The van der Waals surface area contributed by atoms with Gasteiger partial charge in [-0.2, -0.15) is 0 Å². The second-order valence-corrected chi connectivity index (χ2v) is 7.28. The van der Waals surface area contributed by atoms with Gasteiger partial charge in [0, 0.05) is 11.7 Å². The summed E-state index contributed by atoms with van der Waals surface area (Å²) >= 11 is 0. The molecule has 0 radical (unpaired) electrons. The van der Waals surface area contributed by atoms with Crippen molar-refractivity contribution in [3.63, 3.8) is 0 Å². The predicted molar refractivity (Wildman–Crippen MR) is 88.3 cm³/mol. The SMILES string of the molecule is CC1(C)[C@H](C(=O)Nc2ccccc2CC(=O)NC2CC2)[C@@H]1C(=O)O. The molecule has 2 amide bonds. The summed E-state index contributed by atoms with van der Waals surface area (Å²) in [6, 6.07) is 7.43. The van der Waals surface area contributed by atoms with Crippen molar-refractivity contribution in [1.82, 2.24) is 5.32 Å². The van der Waals surface area contributed by atoms with Crippen molar-refractivity contribution in [1.29, 1.82) is 0 Å². The Labute approximate surface area is 140 Å². The highest BCUT2D eigenvalue weighted by Crippen LogP contribution is 2.58. The van der Waals surface area contributed by atoms with Crippen molar-refractivity contribution in [2.75, 3.05) is 5.32 Å². The zero-order valence-corrected chi connectivity index (χ0v) is 13.8. The maximum absolute atomic E-state index is 12.5. The predicted octanol–water partition coefficient (Wildman–Crippen LogP) is 1.80. The number of aliphatic carboxylic acids is 1. The van der Waals surface area contributed by atoms with Crippen LogP contribution in [0.3, 0.4) is 0 Å². The van der Waals surface area contributed by atoms with Gasteiger partial charge in [0.15, 0.2) is 0 Å². The van der Waals surface area contributed by atoms with Crippen molar-refractivity contribution in [3.8, 4) is 0 Å². The Morgan fingerprint density at radius 3 is 2.42 bits per heavy atom. The molecule has 1 aromatic rings. The van der Waals surface area contributed by atoms with Gasteiger partial charge >= 0.3 is 5.97 Å². The number of nitrogens with one attached hydrogen (secondary N) is 2. The average molecular weight is 330 g/mol. The van der Waals surface area contributed by atoms with Crippen LogP contribution < -0.4 is 10.6 Å². The fourth-order valence-electron chi connectivity index (χ4n) is 3.27. The Hall–Kier alpha value is -2.37. The number of anilines is 1. The summed E-state index contributed by atoms with van der Waals surface area (Å²) < 4.78 is 0. The molecule has 6 nitrogen and oxygen atoms in total. The topological polar surface area (TPSA) is 95.5 Å². The highest BCUT2D eigenvalue weighted by atomic mass is 16.4. The molecule has 3 rings (SSSR count). The van der Waals surface area contributed by atoms with E-state index in [1.165, 1.54) is 0 Å². The summed E-state index contributed by atoms with van der Waals surface area (Å²) in [7, 11) is 0. The average Bonchev–Trinajstić information content (AvgIpc) is 3.38. The number of carboxylic acids is 1. The first kappa shape index (κ1) is 16.5. The van der Waals surface area contributed by atoms with E-state index in [0.29, 0.717) is 11.7 Å². The largest absolute Gasteiger partial charge is 0.481 e. The molecule has 2 aliphatic rings. The molecule has 0 spiro atoms. The maximum atomic E-state index is 12.5. The van der Waals surface area contributed by atoms with Gasteiger partial charge in [0.05, 0.1) is 18.3 Å². The molecular formula is C18H22N2O4. The highest BCUT2D eigenvalue weighted by Gasteiger charge is 2.65. The molecule has 2 aliphatic carbocycles. The smallest absolute Gasteiger partial charge is 0.307 e. The Kier molecular flexibility index (Phi) is 4.07. The molecule has 0 bridgehead atoms. The van der Waals surface area contributed by atoms with E-state index in [-0.39, 0.29) is 18.2 Å². The number of para-hydroxylation sites is 1. The van der Waals surface area contributed by atoms with Crippen LogP contribution in [-0.2, 0) is 20.8 Å². The normalized spacial score (nSPS) is 24.1. The van der Waals surface area contributed by atoms with E-state index in [2.05, 4.69) is 10.6 Å². The molecule has 24 heavy (non-hydrogen) atoms. The third-order valence-corrected chi connectivity index (χ3v) is 4.94. The zero-order valence-electron chi connectivity index (χ0n) is 13.8. The van der Waals surface area contributed by atoms with E-state index >= 15 is 0 Å². The summed E-state index contributed by atoms with van der Waals surface area (Å²) in [5, 5.41) is 14.9. The molecular weight excluding hydrogens is 308 g/mol. The molecule has 0 unspecified atom stereocenters. The first-order valence-corrected chi connectivity index (χ1v) is 8.21. The molecule has 6 heteroatoms. The number of hydrogen-bond acceptors (Lipinski definition) is 3. The fourth-order valence-corrected chi connectivity index (χ4v) is 3.27. The number of carbonyl (C=O) groups is 3. The summed E-state index contributed by atoms with van der Waals surface area (Å²) in [4.78, 5) is 35.7. The van der Waals surface area contributed by atoms with Gasteiger partial charge in [-0.1, -0.05) is 32.0 Å². The van der Waals surface area contributed by atoms with E-state index in [1.807, 2.05) is 6.07 Å². The Morgan fingerprint density at radius 1 is 1.17 bits per heavy atom. The monoisotopic (exact) mass is 330 g/mol. The lowest BCUT2D eigenvalue weighted by Crippen LogP contribution is -2.27. The minimum Gasteiger partial charge on any atom is -0.481 e. The van der Waals surface area contributed by atoms with Crippen LogP contribution in [0.4, 0.5) is 5.69 Å². The van der Waals surface area contributed by atoms with Gasteiger partial charge < -0.3 is 15.7 Å². The number of carboxylic acid groups (broad SMARTS) is 1. The molecule has 0 aliphatic heterocycles. The van der Waals surface area contributed by atoms with Gasteiger partial charge in [-0.25, -0.2) is 0 Å². The molecule has 3 N–H and O–H groups in total. The number of amides is 2. The van der Waals surface area contributed by atoms with E-state index in [0.717, 1.165) is 18.4 Å². The van der Waals surface area contributed by atoms with Crippen LogP contribution in [0.2, 0.25) is 0 Å². The first-order valence-electron chi connectivity index (χ1n) is 8.21. The lowest BCUT2D eigenvalue weighted by Gasteiger charge is -2.12. The van der Waals surface area contributed by atoms with Crippen molar-refractivity contribution in [3.05, 3.63) is 29.8 Å². The van der Waals surface area contributed by atoms with Crippen LogP contribution >= 0.6 is 0 Å². The molecule has 2 saturated carbocycles. The number of benzene rings is 1. The Balaban J connectivity index is 1.68. The standard InChI is InChI=1S/C18H22N2O4/c1-18(2)14(15(18)17(23)24)16(22)20-12-6-4-3-5-10(12)9-13(21)19-11-7-8-11/h3-6,11,14-15H,7-9H2,1-2H3,(H,19,21)(H,20,22)(H,23,24)/t14-,15+/m0/s1. The van der Waals surface area contributed by atoms with Gasteiger partial charge in [0.25, 0.3) is 0 Å². The second-order valence-electron chi connectivity index (χ2n) is 7.28. The zero-order chi connectivity index (χ0) is 17.5. The van der Waals surface area contributed by atoms with E-state index < -0.39 is 23.2 Å². The minimum absolute atomic E-state index is 0.0608. The lowest BCUT2D eigenvalue weighted by atomic mass is 10.1. The number of carbonyl (C=O) groups excluding carboxylic acids is 2. The highest BCUT2D eigenvalue weighted by molar-refractivity contribution is 6.00. The van der Waals surface area contributed by atoms with E-state index in [9.17, 15) is 19.5 Å². The summed E-state index contributed by atoms with van der Waals surface area (Å²) in [6.45, 7) is 3.57. The van der Waals surface area contributed by atoms with Crippen molar-refractivity contribution in [2.24, 2.45) is 17.3 Å². The fraction of sp³-hybridized carbons (Fsp3) is 0.500. The van der Waals surface area contributed by atoms with E-state index in [1.54, 1.807) is 32.0 Å². The Morgan fingerprint density at radius 2 is 1.83 bits per heavy atom. The Bertz CT molecular complexity index is 694. The van der Waals surface area contributed by atoms with Crippen LogP contribution in [0.15, 0.2) is 24.3 Å². The van der Waals surface area contributed by atoms with Crippen molar-refractivity contribution < 1.29 is 19.5 Å². The van der Waals surface area contributed by atoms with Gasteiger partial charge in [0.2, 0.25) is 11.8 Å². The molecule has 0 saturated heterocycles. The van der Waals surface area contributed by atoms with Gasteiger partial charge in [-0.3, -0.25) is 14.4 Å². The van der Waals surface area contributed by atoms with Gasteiger partial charge in [-0.15, -0.1) is 0 Å². The van der Waals surface area contributed by atoms with Crippen molar-refractivity contribution in [2.45, 2.75) is 39.2 Å². The lowest BCUT2D eigenvalue weighted by molar-refractivity contribution is -0.140. The van der Waals surface area contributed by atoms with Crippen LogP contribution in [-0.4, -0.2) is 28.9 Å². The summed E-state index contributed by atoms with van der Waals surface area (Å²) in [5.41, 5.74) is 0.753.